The van der Waals surface area contributed by atoms with Gasteiger partial charge in [0.1, 0.15) is 0 Å². The fourth-order valence-electron chi connectivity index (χ4n) is 2.99. The van der Waals surface area contributed by atoms with E-state index < -0.39 is 10.0 Å². The molecule has 0 aromatic carbocycles. The number of fused-ring (bicyclic) bond motifs is 1. The molecule has 1 amide bonds. The summed E-state index contributed by atoms with van der Waals surface area (Å²) in [6.07, 6.45) is 4.41. The highest BCUT2D eigenvalue weighted by molar-refractivity contribution is 7.90. The Hall–Kier alpha value is -1.47. The standard InChI is InChI=1S/C13H17N3O3S/c17-13(11-2-1-5-14-8-11)16-6-3-10-9-15-20(18,19)12(10)4-7-16/h1-2,5,8,10,12,15H,3-4,6-7,9H2/t10-,12-/m1/s1. The summed E-state index contributed by atoms with van der Waals surface area (Å²) in [6.45, 7) is 1.59. The molecular formula is C13H17N3O3S. The lowest BCUT2D eigenvalue weighted by atomic mass is 10.0. The van der Waals surface area contributed by atoms with E-state index in [1.807, 2.05) is 0 Å². The molecule has 2 atom stereocenters. The Kier molecular flexibility index (Phi) is 3.47. The maximum Gasteiger partial charge on any atom is 0.255 e. The molecule has 3 rings (SSSR count). The Balaban J connectivity index is 1.74. The van der Waals surface area contributed by atoms with Gasteiger partial charge in [0.2, 0.25) is 10.0 Å². The van der Waals surface area contributed by atoms with E-state index in [-0.39, 0.29) is 17.1 Å². The first-order valence-corrected chi connectivity index (χ1v) is 8.30. The number of pyridine rings is 1. The zero-order chi connectivity index (χ0) is 14.2. The summed E-state index contributed by atoms with van der Waals surface area (Å²) in [6, 6.07) is 3.47. The highest BCUT2D eigenvalue weighted by Gasteiger charge is 2.41. The fraction of sp³-hybridized carbons (Fsp3) is 0.538. The van der Waals surface area contributed by atoms with Gasteiger partial charge in [0.25, 0.3) is 5.91 Å². The number of carbonyl (C=O) groups excluding carboxylic acids is 1. The van der Waals surface area contributed by atoms with Gasteiger partial charge >= 0.3 is 0 Å². The van der Waals surface area contributed by atoms with Crippen molar-refractivity contribution in [3.8, 4) is 0 Å². The molecule has 3 heterocycles. The van der Waals surface area contributed by atoms with Crippen LogP contribution < -0.4 is 4.72 Å². The van der Waals surface area contributed by atoms with Gasteiger partial charge in [0, 0.05) is 32.0 Å². The van der Waals surface area contributed by atoms with Gasteiger partial charge in [-0.1, -0.05) is 0 Å². The van der Waals surface area contributed by atoms with Crippen molar-refractivity contribution in [2.75, 3.05) is 19.6 Å². The molecule has 0 unspecified atom stereocenters. The van der Waals surface area contributed by atoms with Gasteiger partial charge in [-0.25, -0.2) is 13.1 Å². The summed E-state index contributed by atoms with van der Waals surface area (Å²) in [5, 5.41) is -0.353. The Morgan fingerprint density at radius 3 is 2.90 bits per heavy atom. The van der Waals surface area contributed by atoms with Gasteiger partial charge in [-0.3, -0.25) is 9.78 Å². The molecule has 1 aromatic heterocycles. The number of rotatable bonds is 1. The summed E-state index contributed by atoms with van der Waals surface area (Å²) in [4.78, 5) is 18.0. The topological polar surface area (TPSA) is 79.4 Å². The first-order valence-electron chi connectivity index (χ1n) is 6.76. The zero-order valence-electron chi connectivity index (χ0n) is 11.0. The maximum atomic E-state index is 12.4. The number of hydrogen-bond acceptors (Lipinski definition) is 4. The number of nitrogens with one attached hydrogen (secondary N) is 1. The van der Waals surface area contributed by atoms with E-state index in [0.717, 1.165) is 6.42 Å². The van der Waals surface area contributed by atoms with E-state index in [1.54, 1.807) is 29.4 Å². The number of nitrogens with zero attached hydrogens (tertiary/aromatic N) is 2. The molecule has 0 saturated carbocycles. The lowest BCUT2D eigenvalue weighted by Gasteiger charge is -2.20. The Bertz CT molecular complexity index is 603. The second-order valence-electron chi connectivity index (χ2n) is 5.30. The van der Waals surface area contributed by atoms with Crippen LogP contribution in [0.1, 0.15) is 23.2 Å². The number of hydrogen-bond donors (Lipinski definition) is 1. The van der Waals surface area contributed by atoms with Crippen molar-refractivity contribution in [1.29, 1.82) is 0 Å². The number of amides is 1. The highest BCUT2D eigenvalue weighted by atomic mass is 32.2. The van der Waals surface area contributed by atoms with Crippen molar-refractivity contribution < 1.29 is 13.2 Å². The van der Waals surface area contributed by atoms with E-state index in [1.165, 1.54) is 0 Å². The maximum absolute atomic E-state index is 12.4. The van der Waals surface area contributed by atoms with Crippen LogP contribution >= 0.6 is 0 Å². The van der Waals surface area contributed by atoms with Crippen molar-refractivity contribution in [2.45, 2.75) is 18.1 Å². The Morgan fingerprint density at radius 2 is 2.15 bits per heavy atom. The van der Waals surface area contributed by atoms with Crippen LogP contribution in [0.3, 0.4) is 0 Å². The largest absolute Gasteiger partial charge is 0.339 e. The van der Waals surface area contributed by atoms with E-state index in [9.17, 15) is 13.2 Å². The SMILES string of the molecule is O=C(c1cccnc1)N1CC[C@@H]2CNS(=O)(=O)[C@@H]2CC1. The second-order valence-corrected chi connectivity index (χ2v) is 7.29. The van der Waals surface area contributed by atoms with Gasteiger partial charge < -0.3 is 4.90 Å². The first kappa shape index (κ1) is 13.5. The van der Waals surface area contributed by atoms with Crippen LogP contribution in [0.4, 0.5) is 0 Å². The summed E-state index contributed by atoms with van der Waals surface area (Å²) >= 11 is 0. The molecule has 6 nitrogen and oxygen atoms in total. The highest BCUT2D eigenvalue weighted by Crippen LogP contribution is 2.28. The van der Waals surface area contributed by atoms with Crippen LogP contribution in [-0.4, -0.2) is 49.1 Å². The van der Waals surface area contributed by atoms with Gasteiger partial charge in [0.15, 0.2) is 0 Å². The van der Waals surface area contributed by atoms with Crippen LogP contribution in [0.25, 0.3) is 0 Å². The number of aromatic nitrogens is 1. The van der Waals surface area contributed by atoms with E-state index in [2.05, 4.69) is 9.71 Å². The zero-order valence-corrected chi connectivity index (χ0v) is 11.8. The average molecular weight is 295 g/mol. The minimum atomic E-state index is -3.18. The monoisotopic (exact) mass is 295 g/mol. The van der Waals surface area contributed by atoms with E-state index in [0.29, 0.717) is 31.6 Å². The molecule has 2 aliphatic heterocycles. The Morgan fingerprint density at radius 1 is 1.35 bits per heavy atom. The summed E-state index contributed by atoms with van der Waals surface area (Å²) in [5.74, 6) is 0.0510. The third kappa shape index (κ3) is 2.43. The first-order chi connectivity index (χ1) is 9.58. The van der Waals surface area contributed by atoms with Crippen molar-refractivity contribution in [3.63, 3.8) is 0 Å². The van der Waals surface area contributed by atoms with Crippen LogP contribution in [0.2, 0.25) is 0 Å². The minimum absolute atomic E-state index is 0.0663. The molecule has 1 N–H and O–H groups in total. The molecular weight excluding hydrogens is 278 g/mol. The fourth-order valence-corrected chi connectivity index (χ4v) is 4.80. The third-order valence-corrected chi connectivity index (χ3v) is 6.11. The van der Waals surface area contributed by atoms with Gasteiger partial charge in [-0.2, -0.15) is 0 Å². The Labute approximate surface area is 118 Å². The molecule has 1 aromatic rings. The quantitative estimate of drug-likeness (QED) is 0.804. The molecule has 2 saturated heterocycles. The molecule has 2 aliphatic rings. The molecule has 7 heteroatoms. The number of carbonyl (C=O) groups is 1. The smallest absolute Gasteiger partial charge is 0.255 e. The summed E-state index contributed by atoms with van der Waals surface area (Å²) in [7, 11) is -3.18. The van der Waals surface area contributed by atoms with Crippen LogP contribution in [0.15, 0.2) is 24.5 Å². The summed E-state index contributed by atoms with van der Waals surface area (Å²) < 4.78 is 26.3. The molecule has 0 spiro atoms. The normalized spacial score (nSPS) is 28.7. The molecule has 2 fully saturated rings. The number of likely N-dealkylation sites (tertiary alicyclic amines) is 1. The van der Waals surface area contributed by atoms with Crippen LogP contribution in [0, 0.1) is 5.92 Å². The lowest BCUT2D eigenvalue weighted by molar-refractivity contribution is 0.0759. The molecule has 0 radical (unpaired) electrons. The molecule has 0 bridgehead atoms. The van der Waals surface area contributed by atoms with Gasteiger partial charge in [-0.15, -0.1) is 0 Å². The third-order valence-electron chi connectivity index (χ3n) is 4.12. The minimum Gasteiger partial charge on any atom is -0.339 e. The number of sulfonamides is 1. The van der Waals surface area contributed by atoms with Gasteiger partial charge in [-0.05, 0) is 30.9 Å². The lowest BCUT2D eigenvalue weighted by Crippen LogP contribution is -2.33. The van der Waals surface area contributed by atoms with Gasteiger partial charge in [0.05, 0.1) is 10.8 Å². The van der Waals surface area contributed by atoms with Crippen molar-refractivity contribution in [3.05, 3.63) is 30.1 Å². The van der Waals surface area contributed by atoms with Crippen molar-refractivity contribution >= 4 is 15.9 Å². The van der Waals surface area contributed by atoms with E-state index in [4.69, 9.17) is 0 Å². The predicted octanol–water partition coefficient (Wildman–Crippen LogP) is 0.235. The average Bonchev–Trinajstić information content (AvgIpc) is 2.65. The van der Waals surface area contributed by atoms with Crippen molar-refractivity contribution in [1.82, 2.24) is 14.6 Å². The molecule has 20 heavy (non-hydrogen) atoms. The van der Waals surface area contributed by atoms with Crippen LogP contribution in [-0.2, 0) is 10.0 Å². The second kappa shape index (κ2) is 5.14. The molecule has 0 aliphatic carbocycles. The molecule has 108 valence electrons. The van der Waals surface area contributed by atoms with E-state index >= 15 is 0 Å². The summed E-state index contributed by atoms with van der Waals surface area (Å²) in [5.41, 5.74) is 0.556. The predicted molar refractivity (Wildman–Crippen MR) is 73.6 cm³/mol. The van der Waals surface area contributed by atoms with Crippen LogP contribution in [0.5, 0.6) is 0 Å². The van der Waals surface area contributed by atoms with Crippen molar-refractivity contribution in [2.24, 2.45) is 5.92 Å².